The predicted molar refractivity (Wildman–Crippen MR) is 88.2 cm³/mol. The lowest BCUT2D eigenvalue weighted by molar-refractivity contribution is 0.151. The van der Waals surface area contributed by atoms with E-state index in [4.69, 9.17) is 0 Å². The minimum Gasteiger partial charge on any atom is -0.365 e. The lowest BCUT2D eigenvalue weighted by atomic mass is 10.1. The Morgan fingerprint density at radius 2 is 1.96 bits per heavy atom. The molecule has 0 unspecified atom stereocenters. The molecule has 0 aliphatic heterocycles. The van der Waals surface area contributed by atoms with Crippen LogP contribution in [0.15, 0.2) is 30.6 Å². The molecule has 3 aromatic rings. The molecular weight excluding hydrogens is 316 g/mol. The summed E-state index contributed by atoms with van der Waals surface area (Å²) in [5.41, 5.74) is 2.38. The van der Waals surface area contributed by atoms with Crippen molar-refractivity contribution < 1.29 is 8.78 Å². The fourth-order valence-electron chi connectivity index (χ4n) is 3.03. The lowest BCUT2D eigenvalue weighted by Gasteiger charge is -2.08. The Hall–Kier alpha value is -2.08. The third-order valence-corrected chi connectivity index (χ3v) is 5.39. The predicted octanol–water partition coefficient (Wildman–Crippen LogP) is 4.73. The summed E-state index contributed by atoms with van der Waals surface area (Å²) in [6, 6.07) is 6.40. The second-order valence-corrected chi connectivity index (χ2v) is 6.74. The quantitative estimate of drug-likeness (QED) is 0.751. The van der Waals surface area contributed by atoms with E-state index in [1.54, 1.807) is 29.8 Å². The van der Waals surface area contributed by atoms with Crippen molar-refractivity contribution in [2.75, 3.05) is 5.32 Å². The number of hydrogen-bond donors (Lipinski definition) is 1. The Balaban J connectivity index is 1.58. The molecule has 1 aliphatic carbocycles. The zero-order valence-electron chi connectivity index (χ0n) is 12.4. The van der Waals surface area contributed by atoms with Crippen molar-refractivity contribution in [3.63, 3.8) is 0 Å². The molecule has 0 fully saturated rings. The number of rotatable bonds is 4. The number of aryl methyl sites for hydroxylation is 2. The first-order valence-electron chi connectivity index (χ1n) is 7.58. The second-order valence-electron chi connectivity index (χ2n) is 5.66. The van der Waals surface area contributed by atoms with E-state index in [-0.39, 0.29) is 5.56 Å². The number of nitrogens with one attached hydrogen (secondary N) is 1. The van der Waals surface area contributed by atoms with Crippen LogP contribution < -0.4 is 5.32 Å². The second kappa shape index (κ2) is 5.85. The third-order valence-electron chi connectivity index (χ3n) is 4.19. The molecule has 0 bridgehead atoms. The Bertz CT molecular complexity index is 843. The molecule has 118 valence electrons. The van der Waals surface area contributed by atoms with Gasteiger partial charge in [-0.3, -0.25) is 0 Å². The molecule has 0 spiro atoms. The van der Waals surface area contributed by atoms with Crippen LogP contribution in [0.4, 0.5) is 14.6 Å². The highest BCUT2D eigenvalue weighted by atomic mass is 32.1. The SMILES string of the molecule is FC(F)c1ccc(CNc2ncnc3sc4c(c23)CCC4)cc1. The van der Waals surface area contributed by atoms with Gasteiger partial charge in [0, 0.05) is 17.0 Å². The van der Waals surface area contributed by atoms with Crippen molar-refractivity contribution in [3.05, 3.63) is 52.2 Å². The van der Waals surface area contributed by atoms with E-state index in [1.807, 2.05) is 0 Å². The zero-order chi connectivity index (χ0) is 15.8. The van der Waals surface area contributed by atoms with Gasteiger partial charge in [-0.2, -0.15) is 0 Å². The number of aromatic nitrogens is 2. The monoisotopic (exact) mass is 331 g/mol. The molecule has 1 aliphatic rings. The highest BCUT2D eigenvalue weighted by Crippen LogP contribution is 2.39. The lowest BCUT2D eigenvalue weighted by Crippen LogP contribution is -2.03. The molecule has 6 heteroatoms. The smallest absolute Gasteiger partial charge is 0.263 e. The van der Waals surface area contributed by atoms with E-state index >= 15 is 0 Å². The summed E-state index contributed by atoms with van der Waals surface area (Å²) < 4.78 is 25.2. The van der Waals surface area contributed by atoms with Crippen LogP contribution in [0.2, 0.25) is 0 Å². The highest BCUT2D eigenvalue weighted by molar-refractivity contribution is 7.19. The number of hydrogen-bond acceptors (Lipinski definition) is 4. The normalized spacial score (nSPS) is 13.7. The van der Waals surface area contributed by atoms with Gasteiger partial charge >= 0.3 is 0 Å². The minimum absolute atomic E-state index is 0.0498. The highest BCUT2D eigenvalue weighted by Gasteiger charge is 2.21. The molecule has 4 rings (SSSR count). The minimum atomic E-state index is -2.42. The van der Waals surface area contributed by atoms with Crippen molar-refractivity contribution >= 4 is 27.4 Å². The van der Waals surface area contributed by atoms with Gasteiger partial charge in [0.1, 0.15) is 17.0 Å². The number of alkyl halides is 2. The average molecular weight is 331 g/mol. The molecular formula is C17H15F2N3S. The van der Waals surface area contributed by atoms with Gasteiger partial charge in [0.15, 0.2) is 0 Å². The summed E-state index contributed by atoms with van der Waals surface area (Å²) >= 11 is 1.75. The summed E-state index contributed by atoms with van der Waals surface area (Å²) in [7, 11) is 0. The van der Waals surface area contributed by atoms with Crippen LogP contribution in [-0.4, -0.2) is 9.97 Å². The van der Waals surface area contributed by atoms with Gasteiger partial charge in [0.25, 0.3) is 6.43 Å². The first-order chi connectivity index (χ1) is 11.2. The molecule has 3 nitrogen and oxygen atoms in total. The molecule has 1 N–H and O–H groups in total. The first-order valence-corrected chi connectivity index (χ1v) is 8.40. The van der Waals surface area contributed by atoms with E-state index in [1.165, 1.54) is 29.0 Å². The van der Waals surface area contributed by atoms with Crippen LogP contribution in [0, 0.1) is 0 Å². The fourth-order valence-corrected chi connectivity index (χ4v) is 4.26. The van der Waals surface area contributed by atoms with E-state index in [9.17, 15) is 8.78 Å². The van der Waals surface area contributed by atoms with Crippen molar-refractivity contribution in [3.8, 4) is 0 Å². The maximum Gasteiger partial charge on any atom is 0.263 e. The number of thiophene rings is 1. The van der Waals surface area contributed by atoms with Gasteiger partial charge in [-0.15, -0.1) is 11.3 Å². The topological polar surface area (TPSA) is 37.8 Å². The fraction of sp³-hybridized carbons (Fsp3) is 0.294. The van der Waals surface area contributed by atoms with Gasteiger partial charge in [-0.1, -0.05) is 24.3 Å². The Morgan fingerprint density at radius 3 is 2.74 bits per heavy atom. The number of benzene rings is 1. The third kappa shape index (κ3) is 2.67. The van der Waals surface area contributed by atoms with Gasteiger partial charge in [0.2, 0.25) is 0 Å². The molecule has 0 amide bonds. The summed E-state index contributed by atoms with van der Waals surface area (Å²) in [6.07, 6.45) is 2.56. The Morgan fingerprint density at radius 1 is 1.13 bits per heavy atom. The van der Waals surface area contributed by atoms with Crippen LogP contribution >= 0.6 is 11.3 Å². The van der Waals surface area contributed by atoms with E-state index in [2.05, 4.69) is 15.3 Å². The Kier molecular flexibility index (Phi) is 3.69. The number of anilines is 1. The zero-order valence-corrected chi connectivity index (χ0v) is 13.2. The van der Waals surface area contributed by atoms with Crippen molar-refractivity contribution in [2.45, 2.75) is 32.2 Å². The molecule has 0 radical (unpaired) electrons. The first kappa shape index (κ1) is 14.5. The van der Waals surface area contributed by atoms with Gasteiger partial charge < -0.3 is 5.32 Å². The van der Waals surface area contributed by atoms with Gasteiger partial charge in [0.05, 0.1) is 5.39 Å². The van der Waals surface area contributed by atoms with Crippen LogP contribution in [0.3, 0.4) is 0 Å². The summed E-state index contributed by atoms with van der Waals surface area (Å²) in [6.45, 7) is 0.556. The Labute approximate surface area is 136 Å². The molecule has 0 atom stereocenters. The van der Waals surface area contributed by atoms with Gasteiger partial charge in [-0.05, 0) is 30.4 Å². The van der Waals surface area contributed by atoms with Crippen LogP contribution in [0.5, 0.6) is 0 Å². The largest absolute Gasteiger partial charge is 0.365 e. The summed E-state index contributed by atoms with van der Waals surface area (Å²) in [4.78, 5) is 11.2. The van der Waals surface area contributed by atoms with Crippen molar-refractivity contribution in [1.82, 2.24) is 9.97 Å². The summed E-state index contributed by atoms with van der Waals surface area (Å²) in [5, 5.41) is 4.47. The van der Waals surface area contributed by atoms with Crippen molar-refractivity contribution in [2.24, 2.45) is 0 Å². The molecule has 23 heavy (non-hydrogen) atoms. The number of fused-ring (bicyclic) bond motifs is 3. The molecule has 1 aromatic carbocycles. The summed E-state index contributed by atoms with van der Waals surface area (Å²) in [5.74, 6) is 0.840. The van der Waals surface area contributed by atoms with Crippen LogP contribution in [0.25, 0.3) is 10.2 Å². The number of halogens is 2. The van der Waals surface area contributed by atoms with E-state index in [0.717, 1.165) is 34.4 Å². The molecule has 0 saturated heterocycles. The van der Waals surface area contributed by atoms with Crippen LogP contribution in [0.1, 0.15) is 34.4 Å². The standard InChI is InChI=1S/C17H15F2N3S/c18-15(19)11-6-4-10(5-7-11)8-20-16-14-12-2-1-3-13(12)23-17(14)22-9-21-16/h4-7,9,15H,1-3,8H2,(H,20,21,22). The maximum absolute atomic E-state index is 12.6. The maximum atomic E-state index is 12.6. The van der Waals surface area contributed by atoms with E-state index in [0.29, 0.717) is 6.54 Å². The van der Waals surface area contributed by atoms with Gasteiger partial charge in [-0.25, -0.2) is 18.7 Å². The van der Waals surface area contributed by atoms with E-state index < -0.39 is 6.43 Å². The molecule has 0 saturated carbocycles. The van der Waals surface area contributed by atoms with Crippen molar-refractivity contribution in [1.29, 1.82) is 0 Å². The van der Waals surface area contributed by atoms with Crippen LogP contribution in [-0.2, 0) is 19.4 Å². The average Bonchev–Trinajstić information content (AvgIpc) is 3.14. The number of nitrogens with zero attached hydrogens (tertiary/aromatic N) is 2. The molecule has 2 aromatic heterocycles. The molecule has 2 heterocycles.